The molecule has 0 saturated carbocycles. The summed E-state index contributed by atoms with van der Waals surface area (Å²) in [7, 11) is 0. The van der Waals surface area contributed by atoms with Gasteiger partial charge in [-0.25, -0.2) is 0 Å². The van der Waals surface area contributed by atoms with Crippen molar-refractivity contribution in [2.45, 2.75) is 32.4 Å². The van der Waals surface area contributed by atoms with Crippen LogP contribution in [-0.2, 0) is 11.6 Å². The largest absolute Gasteiger partial charge is 0.507 e. The van der Waals surface area contributed by atoms with Crippen LogP contribution in [0.1, 0.15) is 31.9 Å². The average Bonchev–Trinajstić information content (AvgIpc) is 2.37. The van der Waals surface area contributed by atoms with Crippen LogP contribution in [-0.4, -0.2) is 5.11 Å². The van der Waals surface area contributed by atoms with Crippen LogP contribution in [0.25, 0.3) is 11.1 Å². The first kappa shape index (κ1) is 15.4. The Balaban J connectivity index is 2.68. The molecule has 0 radical (unpaired) electrons. The van der Waals surface area contributed by atoms with Gasteiger partial charge in [-0.15, -0.1) is 0 Å². The Kier molecular flexibility index (Phi) is 3.74. The van der Waals surface area contributed by atoms with Crippen molar-refractivity contribution >= 4 is 0 Å². The number of phenols is 1. The lowest BCUT2D eigenvalue weighted by Gasteiger charge is -2.21. The van der Waals surface area contributed by atoms with Crippen LogP contribution < -0.4 is 0 Å². The molecule has 0 aliphatic rings. The van der Waals surface area contributed by atoms with E-state index in [9.17, 15) is 18.3 Å². The van der Waals surface area contributed by atoms with Crippen LogP contribution in [0.3, 0.4) is 0 Å². The van der Waals surface area contributed by atoms with Crippen LogP contribution in [0.4, 0.5) is 13.2 Å². The summed E-state index contributed by atoms with van der Waals surface area (Å²) in [5.74, 6) is -0.153. The highest BCUT2D eigenvalue weighted by molar-refractivity contribution is 5.74. The first-order valence-electron chi connectivity index (χ1n) is 6.61. The van der Waals surface area contributed by atoms with Crippen molar-refractivity contribution in [3.63, 3.8) is 0 Å². The van der Waals surface area contributed by atoms with Gasteiger partial charge in [-0.3, -0.25) is 0 Å². The molecular weight excluding hydrogens is 277 g/mol. The van der Waals surface area contributed by atoms with E-state index in [1.165, 1.54) is 24.3 Å². The van der Waals surface area contributed by atoms with Crippen LogP contribution >= 0.6 is 0 Å². The van der Waals surface area contributed by atoms with E-state index < -0.39 is 11.7 Å². The lowest BCUT2D eigenvalue weighted by molar-refractivity contribution is -0.137. The van der Waals surface area contributed by atoms with Crippen molar-refractivity contribution in [2.75, 3.05) is 0 Å². The minimum Gasteiger partial charge on any atom is -0.507 e. The number of aromatic hydroxyl groups is 1. The summed E-state index contributed by atoms with van der Waals surface area (Å²) in [6.45, 7) is 5.91. The second-order valence-corrected chi connectivity index (χ2v) is 6.03. The highest BCUT2D eigenvalue weighted by Crippen LogP contribution is 2.41. The summed E-state index contributed by atoms with van der Waals surface area (Å²) in [4.78, 5) is 0. The monoisotopic (exact) mass is 294 g/mol. The maximum Gasteiger partial charge on any atom is 0.417 e. The molecular formula is C17H17F3O. The van der Waals surface area contributed by atoms with E-state index in [1.54, 1.807) is 12.1 Å². The third kappa shape index (κ3) is 3.20. The summed E-state index contributed by atoms with van der Waals surface area (Å²) in [6.07, 6.45) is -4.46. The fourth-order valence-electron chi connectivity index (χ4n) is 2.18. The highest BCUT2D eigenvalue weighted by Gasteiger charge is 2.34. The van der Waals surface area contributed by atoms with Crippen molar-refractivity contribution in [3.05, 3.63) is 53.6 Å². The van der Waals surface area contributed by atoms with Crippen molar-refractivity contribution in [1.82, 2.24) is 0 Å². The fourth-order valence-corrected chi connectivity index (χ4v) is 2.18. The smallest absolute Gasteiger partial charge is 0.417 e. The van der Waals surface area contributed by atoms with E-state index in [1.807, 2.05) is 20.8 Å². The lowest BCUT2D eigenvalue weighted by Crippen LogP contribution is -2.11. The van der Waals surface area contributed by atoms with E-state index in [0.717, 1.165) is 11.6 Å². The van der Waals surface area contributed by atoms with Gasteiger partial charge >= 0.3 is 6.18 Å². The summed E-state index contributed by atoms with van der Waals surface area (Å²) in [5, 5.41) is 9.98. The minimum absolute atomic E-state index is 0.00593. The topological polar surface area (TPSA) is 20.2 Å². The molecule has 0 bridgehead atoms. The van der Waals surface area contributed by atoms with Gasteiger partial charge in [0.2, 0.25) is 0 Å². The summed E-state index contributed by atoms with van der Waals surface area (Å²) >= 11 is 0. The van der Waals surface area contributed by atoms with Crippen molar-refractivity contribution in [2.24, 2.45) is 0 Å². The number of benzene rings is 2. The van der Waals surface area contributed by atoms with E-state index in [4.69, 9.17) is 0 Å². The molecule has 0 unspecified atom stereocenters. The van der Waals surface area contributed by atoms with Gasteiger partial charge < -0.3 is 5.11 Å². The van der Waals surface area contributed by atoms with Crippen molar-refractivity contribution in [3.8, 4) is 16.9 Å². The Hall–Kier alpha value is -1.97. The molecule has 0 aromatic heterocycles. The SMILES string of the molecule is CC(C)(C)c1ccc(O)c(-c2ccccc2C(F)(F)F)c1. The molecule has 1 nitrogen and oxygen atoms in total. The number of phenolic OH excluding ortho intramolecular Hbond substituents is 1. The third-order valence-corrected chi connectivity index (χ3v) is 3.39. The van der Waals surface area contributed by atoms with Crippen LogP contribution in [0.5, 0.6) is 5.75 Å². The number of rotatable bonds is 1. The zero-order valence-electron chi connectivity index (χ0n) is 12.1. The summed E-state index contributed by atoms with van der Waals surface area (Å²) < 4.78 is 39.4. The number of alkyl halides is 3. The van der Waals surface area contributed by atoms with Gasteiger partial charge in [0.05, 0.1) is 5.56 Å². The second kappa shape index (κ2) is 5.10. The van der Waals surface area contributed by atoms with Crippen LogP contribution in [0.15, 0.2) is 42.5 Å². The predicted molar refractivity (Wildman–Crippen MR) is 77.2 cm³/mol. The normalized spacial score (nSPS) is 12.5. The molecule has 4 heteroatoms. The van der Waals surface area contributed by atoms with Crippen LogP contribution in [0, 0.1) is 0 Å². The van der Waals surface area contributed by atoms with Gasteiger partial charge in [-0.05, 0) is 34.7 Å². The molecule has 0 heterocycles. The number of hydrogen-bond donors (Lipinski definition) is 1. The maximum absolute atomic E-state index is 13.1. The molecule has 0 atom stereocenters. The predicted octanol–water partition coefficient (Wildman–Crippen LogP) is 5.38. The Bertz CT molecular complexity index is 652. The third-order valence-electron chi connectivity index (χ3n) is 3.39. The summed E-state index contributed by atoms with van der Waals surface area (Å²) in [5.41, 5.74) is 0.109. The van der Waals surface area contributed by atoms with Gasteiger partial charge in [0.15, 0.2) is 0 Å². The molecule has 2 aromatic carbocycles. The van der Waals surface area contributed by atoms with Crippen molar-refractivity contribution < 1.29 is 18.3 Å². The number of hydrogen-bond acceptors (Lipinski definition) is 1. The molecule has 0 amide bonds. The van der Waals surface area contributed by atoms with E-state index in [2.05, 4.69) is 0 Å². The second-order valence-electron chi connectivity index (χ2n) is 6.03. The Morgan fingerprint density at radius 1 is 0.857 bits per heavy atom. The lowest BCUT2D eigenvalue weighted by atomic mass is 9.84. The minimum atomic E-state index is -4.46. The molecule has 0 aliphatic carbocycles. The fraction of sp³-hybridized carbons (Fsp3) is 0.294. The molecule has 21 heavy (non-hydrogen) atoms. The Morgan fingerprint density at radius 2 is 1.48 bits per heavy atom. The molecule has 2 rings (SSSR count). The number of halogens is 3. The molecule has 2 aromatic rings. The zero-order valence-corrected chi connectivity index (χ0v) is 12.1. The highest BCUT2D eigenvalue weighted by atomic mass is 19.4. The molecule has 112 valence electrons. The van der Waals surface area contributed by atoms with Crippen LogP contribution in [0.2, 0.25) is 0 Å². The van der Waals surface area contributed by atoms with E-state index in [-0.39, 0.29) is 22.3 Å². The standard InChI is InChI=1S/C17H17F3O/c1-16(2,3)11-8-9-15(21)13(10-11)12-6-4-5-7-14(12)17(18,19)20/h4-10,21H,1-3H3. The molecule has 0 fully saturated rings. The average molecular weight is 294 g/mol. The first-order chi connectivity index (χ1) is 9.60. The maximum atomic E-state index is 13.1. The van der Waals surface area contributed by atoms with Gasteiger partial charge in [0.1, 0.15) is 5.75 Å². The molecule has 0 saturated heterocycles. The first-order valence-corrected chi connectivity index (χ1v) is 6.61. The van der Waals surface area contributed by atoms with E-state index >= 15 is 0 Å². The molecule has 0 spiro atoms. The van der Waals surface area contributed by atoms with Gasteiger partial charge in [0.25, 0.3) is 0 Å². The van der Waals surface area contributed by atoms with Gasteiger partial charge in [-0.1, -0.05) is 45.0 Å². The zero-order chi connectivity index (χ0) is 15.8. The van der Waals surface area contributed by atoms with Crippen molar-refractivity contribution in [1.29, 1.82) is 0 Å². The molecule has 0 aliphatic heterocycles. The van der Waals surface area contributed by atoms with Gasteiger partial charge in [-0.2, -0.15) is 13.2 Å². The molecule has 1 N–H and O–H groups in total. The van der Waals surface area contributed by atoms with Gasteiger partial charge in [0, 0.05) is 5.56 Å². The Labute approximate surface area is 122 Å². The summed E-state index contributed by atoms with van der Waals surface area (Å²) in [6, 6.07) is 10.1. The van der Waals surface area contributed by atoms with E-state index in [0.29, 0.717) is 0 Å². The Morgan fingerprint density at radius 3 is 2.05 bits per heavy atom. The quantitative estimate of drug-likeness (QED) is 0.749.